The highest BCUT2D eigenvalue weighted by Crippen LogP contribution is 2.49. The van der Waals surface area contributed by atoms with Crippen LogP contribution in [-0.4, -0.2) is 36.1 Å². The van der Waals surface area contributed by atoms with E-state index in [0.29, 0.717) is 10.6 Å². The molecule has 170 valence electrons. The van der Waals surface area contributed by atoms with E-state index in [9.17, 15) is 22.8 Å². The molecule has 1 atom stereocenters. The molecule has 4 nitrogen and oxygen atoms in total. The van der Waals surface area contributed by atoms with Crippen molar-refractivity contribution in [3.05, 3.63) is 58.6 Å². The van der Waals surface area contributed by atoms with Gasteiger partial charge in [0.1, 0.15) is 5.92 Å². The lowest BCUT2D eigenvalue weighted by molar-refractivity contribution is -0.282. The summed E-state index contributed by atoms with van der Waals surface area (Å²) in [6.07, 6.45) is -5.53. The average molecular weight is 466 g/mol. The Labute approximate surface area is 189 Å². The molecule has 1 spiro atoms. The molecular weight excluding hydrogens is 443 g/mol. The van der Waals surface area contributed by atoms with E-state index in [0.717, 1.165) is 23.8 Å². The highest BCUT2D eigenvalue weighted by Gasteiger charge is 2.63. The molecule has 1 saturated carbocycles. The molecule has 1 saturated heterocycles. The number of halogens is 4. The first-order valence-corrected chi connectivity index (χ1v) is 10.7. The van der Waals surface area contributed by atoms with E-state index in [1.54, 1.807) is 18.2 Å². The Morgan fingerprint density at radius 2 is 1.59 bits per heavy atom. The van der Waals surface area contributed by atoms with Gasteiger partial charge < -0.3 is 10.1 Å². The van der Waals surface area contributed by atoms with E-state index in [-0.39, 0.29) is 31.5 Å². The molecule has 2 aliphatic rings. The normalized spacial score (nSPS) is 28.2. The molecule has 2 fully saturated rings. The molecule has 0 radical (unpaired) electrons. The second-order valence-corrected chi connectivity index (χ2v) is 9.08. The number of ketones is 1. The number of nitrogens with one attached hydrogen (secondary N) is 1. The first kappa shape index (κ1) is 22.8. The predicted octanol–water partition coefficient (Wildman–Crippen LogP) is 5.36. The molecule has 32 heavy (non-hydrogen) atoms. The third kappa shape index (κ3) is 3.61. The maximum Gasteiger partial charge on any atom is 0.417 e. The molecule has 1 heterocycles. The van der Waals surface area contributed by atoms with Crippen LogP contribution in [0.2, 0.25) is 5.02 Å². The van der Waals surface area contributed by atoms with Gasteiger partial charge >= 0.3 is 6.18 Å². The summed E-state index contributed by atoms with van der Waals surface area (Å²) in [6.45, 7) is 1.81. The quantitative estimate of drug-likeness (QED) is 0.621. The minimum absolute atomic E-state index is 0.114. The molecular formula is C24H23ClF3NO3. The Morgan fingerprint density at radius 3 is 2.16 bits per heavy atom. The average Bonchev–Trinajstić information content (AvgIpc) is 2.98. The number of Topliss-reactive ketones (excluding diaryl/α,β-unsaturated/α-hetero) is 1. The van der Waals surface area contributed by atoms with Gasteiger partial charge in [-0.15, -0.1) is 0 Å². The molecule has 8 heteroatoms. The molecule has 1 aliphatic carbocycles. The Kier molecular flexibility index (Phi) is 5.62. The van der Waals surface area contributed by atoms with Crippen LogP contribution in [0.15, 0.2) is 42.5 Å². The molecule has 4 rings (SSSR count). The van der Waals surface area contributed by atoms with Crippen molar-refractivity contribution in [3.63, 3.8) is 0 Å². The number of hydrogen-bond acceptors (Lipinski definition) is 3. The van der Waals surface area contributed by atoms with Crippen LogP contribution < -0.4 is 5.32 Å². The summed E-state index contributed by atoms with van der Waals surface area (Å²) in [5, 5.41) is 3.34. The van der Waals surface area contributed by atoms with Crippen molar-refractivity contribution in [1.82, 2.24) is 5.32 Å². The third-order valence-corrected chi connectivity index (χ3v) is 7.20. The fourth-order valence-electron chi connectivity index (χ4n) is 4.88. The fraction of sp³-hybridized carbons (Fsp3) is 0.417. The van der Waals surface area contributed by atoms with Crippen molar-refractivity contribution in [2.45, 2.75) is 55.8 Å². The molecule has 2 aromatic carbocycles. The summed E-state index contributed by atoms with van der Waals surface area (Å²) in [5.74, 6) is -1.89. The smallest absolute Gasteiger partial charge is 0.369 e. The zero-order valence-corrected chi connectivity index (χ0v) is 18.4. The van der Waals surface area contributed by atoms with Gasteiger partial charge in [0.25, 0.3) is 0 Å². The number of hydrogen-bond donors (Lipinski definition) is 1. The number of alkyl halides is 3. The van der Waals surface area contributed by atoms with Gasteiger partial charge in [-0.05, 0) is 73.1 Å². The number of carbonyl (C=O) groups excluding carboxylic acids is 2. The SMILES string of the molecule is COC1(C(F)(F)F)CCC2(CC1)NC(=O)C(c1cc(-c3ccc(Cl)cc3)ccc1C)C2=O. The van der Waals surface area contributed by atoms with Gasteiger partial charge in [0.05, 0.1) is 5.54 Å². The largest absolute Gasteiger partial charge is 0.417 e. The summed E-state index contributed by atoms with van der Waals surface area (Å²) >= 11 is 5.96. The van der Waals surface area contributed by atoms with Crippen molar-refractivity contribution >= 4 is 23.3 Å². The molecule has 1 aliphatic heterocycles. The summed E-state index contributed by atoms with van der Waals surface area (Å²) in [5.41, 5.74) is -0.544. The maximum atomic E-state index is 13.6. The second kappa shape index (κ2) is 7.89. The lowest BCUT2D eigenvalue weighted by Crippen LogP contribution is -2.58. The number of amides is 1. The van der Waals surface area contributed by atoms with Crippen molar-refractivity contribution in [1.29, 1.82) is 0 Å². The standard InChI is InChI=1S/C24H23ClF3NO3/c1-14-3-4-16(15-5-7-17(25)8-6-15)13-18(14)19-20(30)22(29-21(19)31)9-11-23(32-2,12-10-22)24(26,27)28/h3-8,13,19H,9-12H2,1-2H3,(H,29,31). The zero-order valence-electron chi connectivity index (χ0n) is 17.7. The molecule has 1 N–H and O–H groups in total. The molecule has 1 unspecified atom stereocenters. The van der Waals surface area contributed by atoms with Gasteiger partial charge in [0.2, 0.25) is 5.91 Å². The summed E-state index contributed by atoms with van der Waals surface area (Å²) in [7, 11) is 1.04. The topological polar surface area (TPSA) is 55.4 Å². The van der Waals surface area contributed by atoms with E-state index in [2.05, 4.69) is 5.32 Å². The third-order valence-electron chi connectivity index (χ3n) is 6.94. The van der Waals surface area contributed by atoms with E-state index >= 15 is 0 Å². The van der Waals surface area contributed by atoms with Crippen LogP contribution in [-0.2, 0) is 14.3 Å². The van der Waals surface area contributed by atoms with Crippen LogP contribution in [0.5, 0.6) is 0 Å². The Bertz CT molecular complexity index is 1060. The van der Waals surface area contributed by atoms with Gasteiger partial charge in [-0.25, -0.2) is 0 Å². The first-order valence-electron chi connectivity index (χ1n) is 10.4. The lowest BCUT2D eigenvalue weighted by Gasteiger charge is -2.43. The summed E-state index contributed by atoms with van der Waals surface area (Å²) < 4.78 is 45.6. The van der Waals surface area contributed by atoms with Crippen LogP contribution in [0.1, 0.15) is 42.7 Å². The van der Waals surface area contributed by atoms with Crippen LogP contribution in [0.4, 0.5) is 13.2 Å². The van der Waals surface area contributed by atoms with Gasteiger partial charge in [-0.1, -0.05) is 35.9 Å². The Balaban J connectivity index is 1.64. The van der Waals surface area contributed by atoms with E-state index in [4.69, 9.17) is 16.3 Å². The van der Waals surface area contributed by atoms with E-state index in [1.165, 1.54) is 0 Å². The summed E-state index contributed by atoms with van der Waals surface area (Å²) in [6, 6.07) is 12.7. The predicted molar refractivity (Wildman–Crippen MR) is 115 cm³/mol. The highest BCUT2D eigenvalue weighted by atomic mass is 35.5. The van der Waals surface area contributed by atoms with Gasteiger partial charge in [0, 0.05) is 12.1 Å². The van der Waals surface area contributed by atoms with Crippen molar-refractivity contribution in [3.8, 4) is 11.1 Å². The fourth-order valence-corrected chi connectivity index (χ4v) is 5.00. The van der Waals surface area contributed by atoms with Crippen molar-refractivity contribution in [2.75, 3.05) is 7.11 Å². The molecule has 0 aromatic heterocycles. The van der Waals surface area contributed by atoms with Crippen LogP contribution in [0.3, 0.4) is 0 Å². The monoisotopic (exact) mass is 465 g/mol. The zero-order chi connectivity index (χ0) is 23.3. The lowest BCUT2D eigenvalue weighted by atomic mass is 9.70. The first-order chi connectivity index (χ1) is 15.0. The van der Waals surface area contributed by atoms with E-state index < -0.39 is 29.1 Å². The van der Waals surface area contributed by atoms with Crippen LogP contribution in [0, 0.1) is 6.92 Å². The number of aryl methyl sites for hydroxylation is 1. The summed E-state index contributed by atoms with van der Waals surface area (Å²) in [4.78, 5) is 26.4. The van der Waals surface area contributed by atoms with Gasteiger partial charge in [0.15, 0.2) is 11.4 Å². The number of methoxy groups -OCH3 is 1. The molecule has 1 amide bonds. The Morgan fingerprint density at radius 1 is 1.00 bits per heavy atom. The van der Waals surface area contributed by atoms with Gasteiger partial charge in [-0.2, -0.15) is 13.2 Å². The second-order valence-electron chi connectivity index (χ2n) is 8.64. The minimum atomic E-state index is -4.54. The van der Waals surface area contributed by atoms with Crippen molar-refractivity contribution in [2.24, 2.45) is 0 Å². The van der Waals surface area contributed by atoms with E-state index in [1.807, 2.05) is 31.2 Å². The number of carbonyl (C=O) groups is 2. The highest BCUT2D eigenvalue weighted by molar-refractivity contribution is 6.30. The number of benzene rings is 2. The molecule has 0 bridgehead atoms. The minimum Gasteiger partial charge on any atom is -0.369 e. The van der Waals surface area contributed by atoms with Crippen molar-refractivity contribution < 1.29 is 27.5 Å². The van der Waals surface area contributed by atoms with Gasteiger partial charge in [-0.3, -0.25) is 9.59 Å². The van der Waals surface area contributed by atoms with Crippen LogP contribution >= 0.6 is 11.6 Å². The number of ether oxygens (including phenoxy) is 1. The molecule has 2 aromatic rings. The maximum absolute atomic E-state index is 13.6. The number of rotatable bonds is 3. The Hall–Kier alpha value is -2.38. The van der Waals surface area contributed by atoms with Crippen LogP contribution in [0.25, 0.3) is 11.1 Å².